The third-order valence-corrected chi connectivity index (χ3v) is 2.37. The summed E-state index contributed by atoms with van der Waals surface area (Å²) in [6, 6.07) is 7.58. The van der Waals surface area contributed by atoms with Crippen LogP contribution < -0.4 is 9.47 Å². The molecular weight excluding hydrogens is 232 g/mol. The van der Waals surface area contributed by atoms with E-state index in [1.165, 1.54) is 12.4 Å². The molecule has 5 heteroatoms. The van der Waals surface area contributed by atoms with Crippen LogP contribution in [0, 0.1) is 0 Å². The summed E-state index contributed by atoms with van der Waals surface area (Å²) in [5, 5.41) is 8.93. The van der Waals surface area contributed by atoms with Gasteiger partial charge in [-0.1, -0.05) is 12.1 Å². The molecule has 0 spiro atoms. The molecule has 1 N–H and O–H groups in total. The summed E-state index contributed by atoms with van der Waals surface area (Å²) in [7, 11) is 1.63. The molecule has 5 nitrogen and oxygen atoms in total. The molecule has 0 bridgehead atoms. The van der Waals surface area contributed by atoms with Crippen LogP contribution in [0.1, 0.15) is 11.3 Å². The number of aliphatic hydroxyl groups is 1. The van der Waals surface area contributed by atoms with Crippen molar-refractivity contribution in [2.75, 3.05) is 7.11 Å². The molecule has 0 aliphatic heterocycles. The molecule has 0 fully saturated rings. The van der Waals surface area contributed by atoms with Crippen molar-refractivity contribution >= 4 is 0 Å². The Hall–Kier alpha value is -2.14. The Bertz CT molecular complexity index is 500. The summed E-state index contributed by atoms with van der Waals surface area (Å²) in [6.45, 7) is 0.250. The van der Waals surface area contributed by atoms with Crippen molar-refractivity contribution in [2.45, 2.75) is 13.2 Å². The number of aliphatic hydroxyl groups excluding tert-OH is 1. The Balaban J connectivity index is 1.97. The zero-order valence-corrected chi connectivity index (χ0v) is 10.0. The topological polar surface area (TPSA) is 64.5 Å². The standard InChI is InChI=1S/C13H14N2O3/c1-17-12-4-2-10(3-5-12)9-18-13-7-14-6-11(8-16)15-13/h2-7,16H,8-9H2,1H3. The summed E-state index contributed by atoms with van der Waals surface area (Å²) in [5.74, 6) is 1.21. The highest BCUT2D eigenvalue weighted by molar-refractivity contribution is 5.27. The molecule has 94 valence electrons. The Morgan fingerprint density at radius 1 is 1.17 bits per heavy atom. The second-order valence-electron chi connectivity index (χ2n) is 3.64. The number of aromatic nitrogens is 2. The number of rotatable bonds is 5. The average Bonchev–Trinajstić information content (AvgIpc) is 2.46. The number of ether oxygens (including phenoxy) is 2. The van der Waals surface area contributed by atoms with Crippen molar-refractivity contribution in [3.63, 3.8) is 0 Å². The zero-order chi connectivity index (χ0) is 12.8. The fourth-order valence-electron chi connectivity index (χ4n) is 1.41. The molecular formula is C13H14N2O3. The predicted molar refractivity (Wildman–Crippen MR) is 65.3 cm³/mol. The van der Waals surface area contributed by atoms with Gasteiger partial charge in [0.05, 0.1) is 31.8 Å². The molecule has 0 saturated heterocycles. The largest absolute Gasteiger partial charge is 0.497 e. The van der Waals surface area contributed by atoms with Gasteiger partial charge in [0.15, 0.2) is 0 Å². The first-order chi connectivity index (χ1) is 8.81. The quantitative estimate of drug-likeness (QED) is 0.867. The van der Waals surface area contributed by atoms with E-state index in [0.29, 0.717) is 18.2 Å². The van der Waals surface area contributed by atoms with Crippen molar-refractivity contribution in [1.82, 2.24) is 9.97 Å². The molecule has 1 aromatic carbocycles. The molecule has 0 amide bonds. The van der Waals surface area contributed by atoms with E-state index in [1.807, 2.05) is 24.3 Å². The Morgan fingerprint density at radius 2 is 1.94 bits per heavy atom. The van der Waals surface area contributed by atoms with Crippen molar-refractivity contribution in [3.05, 3.63) is 47.9 Å². The van der Waals surface area contributed by atoms with Gasteiger partial charge < -0.3 is 14.6 Å². The fraction of sp³-hybridized carbons (Fsp3) is 0.231. The molecule has 2 aromatic rings. The average molecular weight is 246 g/mol. The maximum Gasteiger partial charge on any atom is 0.232 e. The van der Waals surface area contributed by atoms with E-state index in [4.69, 9.17) is 14.6 Å². The maximum absolute atomic E-state index is 8.93. The molecule has 0 atom stereocenters. The lowest BCUT2D eigenvalue weighted by molar-refractivity contribution is 0.264. The molecule has 0 unspecified atom stereocenters. The van der Waals surface area contributed by atoms with Gasteiger partial charge in [-0.05, 0) is 17.7 Å². The SMILES string of the molecule is COc1ccc(COc2cncc(CO)n2)cc1. The van der Waals surface area contributed by atoms with Gasteiger partial charge in [0, 0.05) is 0 Å². The third kappa shape index (κ3) is 3.18. The smallest absolute Gasteiger partial charge is 0.232 e. The maximum atomic E-state index is 8.93. The van der Waals surface area contributed by atoms with Crippen LogP contribution in [0.25, 0.3) is 0 Å². The summed E-state index contributed by atoms with van der Waals surface area (Å²) >= 11 is 0. The molecule has 0 saturated carbocycles. The van der Waals surface area contributed by atoms with E-state index in [1.54, 1.807) is 7.11 Å². The van der Waals surface area contributed by atoms with E-state index in [-0.39, 0.29) is 6.61 Å². The van der Waals surface area contributed by atoms with Gasteiger partial charge in [-0.2, -0.15) is 0 Å². The highest BCUT2D eigenvalue weighted by atomic mass is 16.5. The highest BCUT2D eigenvalue weighted by Crippen LogP contribution is 2.13. The molecule has 0 aliphatic carbocycles. The first-order valence-corrected chi connectivity index (χ1v) is 5.49. The molecule has 0 aliphatic rings. The minimum atomic E-state index is -0.146. The van der Waals surface area contributed by atoms with Gasteiger partial charge in [-0.25, -0.2) is 4.98 Å². The lowest BCUT2D eigenvalue weighted by atomic mass is 10.2. The van der Waals surface area contributed by atoms with Crippen LogP contribution in [0.15, 0.2) is 36.7 Å². The molecule has 18 heavy (non-hydrogen) atoms. The number of nitrogens with zero attached hydrogens (tertiary/aromatic N) is 2. The second-order valence-corrected chi connectivity index (χ2v) is 3.64. The van der Waals surface area contributed by atoms with Crippen molar-refractivity contribution in [1.29, 1.82) is 0 Å². The van der Waals surface area contributed by atoms with Crippen molar-refractivity contribution in [2.24, 2.45) is 0 Å². The van der Waals surface area contributed by atoms with E-state index < -0.39 is 0 Å². The number of hydrogen-bond donors (Lipinski definition) is 1. The minimum absolute atomic E-state index is 0.146. The van der Waals surface area contributed by atoms with E-state index >= 15 is 0 Å². The zero-order valence-electron chi connectivity index (χ0n) is 10.0. The summed E-state index contributed by atoms with van der Waals surface area (Å²) in [6.07, 6.45) is 3.02. The van der Waals surface area contributed by atoms with Crippen LogP contribution in [0.3, 0.4) is 0 Å². The van der Waals surface area contributed by atoms with Crippen LogP contribution in [0.2, 0.25) is 0 Å². The monoisotopic (exact) mass is 246 g/mol. The fourth-order valence-corrected chi connectivity index (χ4v) is 1.41. The highest BCUT2D eigenvalue weighted by Gasteiger charge is 2.00. The lowest BCUT2D eigenvalue weighted by Gasteiger charge is -2.06. The van der Waals surface area contributed by atoms with Gasteiger partial charge in [-0.15, -0.1) is 0 Å². The van der Waals surface area contributed by atoms with Crippen LogP contribution in [0.5, 0.6) is 11.6 Å². The summed E-state index contributed by atoms with van der Waals surface area (Å²) < 4.78 is 10.6. The molecule has 1 heterocycles. The van der Waals surface area contributed by atoms with Gasteiger partial charge in [0.1, 0.15) is 12.4 Å². The van der Waals surface area contributed by atoms with Gasteiger partial charge in [-0.3, -0.25) is 4.98 Å². The molecule has 2 rings (SSSR count). The minimum Gasteiger partial charge on any atom is -0.497 e. The van der Waals surface area contributed by atoms with E-state index in [9.17, 15) is 0 Å². The van der Waals surface area contributed by atoms with E-state index in [2.05, 4.69) is 9.97 Å². The lowest BCUT2D eigenvalue weighted by Crippen LogP contribution is -2.00. The number of hydrogen-bond acceptors (Lipinski definition) is 5. The second kappa shape index (κ2) is 5.97. The predicted octanol–water partition coefficient (Wildman–Crippen LogP) is 1.56. The number of methoxy groups -OCH3 is 1. The Labute approximate surface area is 105 Å². The third-order valence-electron chi connectivity index (χ3n) is 2.37. The Kier molecular flexibility index (Phi) is 4.09. The summed E-state index contributed by atoms with van der Waals surface area (Å²) in [4.78, 5) is 8.01. The molecule has 0 radical (unpaired) electrons. The van der Waals surface area contributed by atoms with Gasteiger partial charge in [0.25, 0.3) is 0 Å². The first kappa shape index (κ1) is 12.3. The van der Waals surface area contributed by atoms with Gasteiger partial charge in [0.2, 0.25) is 5.88 Å². The van der Waals surface area contributed by atoms with Crippen LogP contribution in [-0.4, -0.2) is 22.2 Å². The summed E-state index contributed by atoms with van der Waals surface area (Å²) in [5.41, 5.74) is 1.49. The first-order valence-electron chi connectivity index (χ1n) is 5.49. The normalized spacial score (nSPS) is 10.1. The van der Waals surface area contributed by atoms with Crippen molar-refractivity contribution < 1.29 is 14.6 Å². The Morgan fingerprint density at radius 3 is 2.61 bits per heavy atom. The van der Waals surface area contributed by atoms with Crippen LogP contribution >= 0.6 is 0 Å². The van der Waals surface area contributed by atoms with E-state index in [0.717, 1.165) is 11.3 Å². The van der Waals surface area contributed by atoms with Crippen LogP contribution in [-0.2, 0) is 13.2 Å². The van der Waals surface area contributed by atoms with Crippen LogP contribution in [0.4, 0.5) is 0 Å². The number of benzene rings is 1. The molecule has 1 aromatic heterocycles. The van der Waals surface area contributed by atoms with Gasteiger partial charge >= 0.3 is 0 Å². The van der Waals surface area contributed by atoms with Crippen molar-refractivity contribution in [3.8, 4) is 11.6 Å².